The summed E-state index contributed by atoms with van der Waals surface area (Å²) in [6.07, 6.45) is -4.75. The maximum atomic E-state index is 14.0. The Kier molecular flexibility index (Phi) is 4.74. The summed E-state index contributed by atoms with van der Waals surface area (Å²) >= 11 is 2.88. The number of amides is 1. The van der Waals surface area contributed by atoms with Gasteiger partial charge in [0, 0.05) is 28.7 Å². The third kappa shape index (κ3) is 3.87. The topological polar surface area (TPSA) is 29.1 Å². The van der Waals surface area contributed by atoms with Crippen molar-refractivity contribution < 1.29 is 26.7 Å². The van der Waals surface area contributed by atoms with Crippen molar-refractivity contribution in [2.45, 2.75) is 13.1 Å². The molecule has 0 saturated carbocycles. The van der Waals surface area contributed by atoms with Crippen LogP contribution < -0.4 is 5.32 Å². The highest BCUT2D eigenvalue weighted by atomic mass is 79.9. The minimum atomic E-state index is -4.75. The maximum Gasteiger partial charge on any atom is 0.417 e. The molecule has 0 saturated heterocycles. The Hall–Kier alpha value is -1.96. The summed E-state index contributed by atoms with van der Waals surface area (Å²) in [5.41, 5.74) is -1.98. The van der Waals surface area contributed by atoms with Crippen molar-refractivity contribution >= 4 is 27.5 Å². The second-order valence-corrected chi connectivity index (χ2v) is 5.54. The summed E-state index contributed by atoms with van der Waals surface area (Å²) in [7, 11) is 0. The molecule has 0 aliphatic carbocycles. The lowest BCUT2D eigenvalue weighted by molar-refractivity contribution is -0.137. The Morgan fingerprint density at radius 2 is 1.78 bits per heavy atom. The molecule has 0 heterocycles. The predicted octanol–water partition coefficient (Wildman–Crippen LogP) is 5.37. The Bertz CT molecular complexity index is 750. The van der Waals surface area contributed by atoms with Crippen molar-refractivity contribution in [2.75, 3.05) is 5.32 Å². The van der Waals surface area contributed by atoms with E-state index in [1.165, 1.54) is 6.92 Å². The monoisotopic (exact) mass is 393 g/mol. The Morgan fingerprint density at radius 3 is 2.30 bits per heavy atom. The number of nitrogens with one attached hydrogen (secondary N) is 1. The van der Waals surface area contributed by atoms with E-state index >= 15 is 0 Å². The molecule has 0 unspecified atom stereocenters. The molecule has 2 aromatic rings. The Labute approximate surface area is 136 Å². The quantitative estimate of drug-likeness (QED) is 0.682. The van der Waals surface area contributed by atoms with Crippen molar-refractivity contribution in [3.63, 3.8) is 0 Å². The number of alkyl halides is 3. The first-order chi connectivity index (χ1) is 10.6. The van der Waals surface area contributed by atoms with Gasteiger partial charge in [0.15, 0.2) is 0 Å². The molecule has 0 radical (unpaired) electrons. The van der Waals surface area contributed by atoms with Crippen molar-refractivity contribution in [1.82, 2.24) is 0 Å². The first-order valence-electron chi connectivity index (χ1n) is 6.23. The highest BCUT2D eigenvalue weighted by Crippen LogP contribution is 2.42. The molecule has 1 N–H and O–H groups in total. The van der Waals surface area contributed by atoms with Gasteiger partial charge in [-0.15, -0.1) is 0 Å². The van der Waals surface area contributed by atoms with E-state index in [4.69, 9.17) is 0 Å². The molecule has 0 aliphatic rings. The zero-order chi connectivity index (χ0) is 17.4. The lowest BCUT2D eigenvalue weighted by atomic mass is 9.98. The molecule has 0 spiro atoms. The van der Waals surface area contributed by atoms with E-state index < -0.39 is 40.4 Å². The lowest BCUT2D eigenvalue weighted by Gasteiger charge is -2.16. The average Bonchev–Trinajstić information content (AvgIpc) is 2.35. The van der Waals surface area contributed by atoms with Crippen LogP contribution in [0.3, 0.4) is 0 Å². The van der Waals surface area contributed by atoms with E-state index in [2.05, 4.69) is 21.2 Å². The number of anilines is 1. The lowest BCUT2D eigenvalue weighted by Crippen LogP contribution is -2.10. The summed E-state index contributed by atoms with van der Waals surface area (Å²) in [4.78, 5) is 11.1. The first kappa shape index (κ1) is 17.4. The van der Waals surface area contributed by atoms with Gasteiger partial charge in [0.1, 0.15) is 11.6 Å². The zero-order valence-corrected chi connectivity index (χ0v) is 13.1. The molecule has 0 aliphatic heterocycles. The molecule has 2 aromatic carbocycles. The summed E-state index contributed by atoms with van der Waals surface area (Å²) in [5, 5.41) is 2.33. The van der Waals surface area contributed by atoms with Gasteiger partial charge in [0.25, 0.3) is 0 Å². The van der Waals surface area contributed by atoms with Gasteiger partial charge < -0.3 is 5.32 Å². The van der Waals surface area contributed by atoms with Gasteiger partial charge in [-0.25, -0.2) is 8.78 Å². The van der Waals surface area contributed by atoms with Crippen LogP contribution >= 0.6 is 15.9 Å². The van der Waals surface area contributed by atoms with E-state index in [-0.39, 0.29) is 10.2 Å². The predicted molar refractivity (Wildman–Crippen MR) is 78.8 cm³/mol. The van der Waals surface area contributed by atoms with E-state index in [1.807, 2.05) is 0 Å². The van der Waals surface area contributed by atoms with Gasteiger partial charge in [-0.1, -0.05) is 0 Å². The van der Waals surface area contributed by atoms with Crippen LogP contribution in [0.1, 0.15) is 12.5 Å². The number of rotatable bonds is 2. The second kappa shape index (κ2) is 6.27. The van der Waals surface area contributed by atoms with Crippen molar-refractivity contribution in [1.29, 1.82) is 0 Å². The highest BCUT2D eigenvalue weighted by Gasteiger charge is 2.35. The van der Waals surface area contributed by atoms with Crippen LogP contribution in [0.2, 0.25) is 0 Å². The van der Waals surface area contributed by atoms with E-state index in [9.17, 15) is 26.7 Å². The normalized spacial score (nSPS) is 11.4. The summed E-state index contributed by atoms with van der Waals surface area (Å²) < 4.78 is 66.5. The fraction of sp³-hybridized carbons (Fsp3) is 0.133. The SMILES string of the molecule is CC(=O)Nc1ccc(C(F)(F)F)c(-c2c(F)cc(F)cc2Br)c1. The second-order valence-electron chi connectivity index (χ2n) is 4.68. The number of halogens is 6. The van der Waals surface area contributed by atoms with Crippen LogP contribution in [-0.2, 0) is 11.0 Å². The molecule has 0 atom stereocenters. The van der Waals surface area contributed by atoms with Crippen LogP contribution in [-0.4, -0.2) is 5.91 Å². The molecule has 0 fully saturated rings. The maximum absolute atomic E-state index is 14.0. The van der Waals surface area contributed by atoms with E-state index in [0.717, 1.165) is 24.3 Å². The average molecular weight is 394 g/mol. The van der Waals surface area contributed by atoms with Crippen molar-refractivity contribution in [3.8, 4) is 11.1 Å². The van der Waals surface area contributed by atoms with Gasteiger partial charge in [0.2, 0.25) is 5.91 Å². The van der Waals surface area contributed by atoms with Gasteiger partial charge in [-0.05, 0) is 45.8 Å². The zero-order valence-electron chi connectivity index (χ0n) is 11.6. The smallest absolute Gasteiger partial charge is 0.326 e. The summed E-state index contributed by atoms with van der Waals surface area (Å²) in [5.74, 6) is -2.57. The minimum Gasteiger partial charge on any atom is -0.326 e. The number of hydrogen-bond acceptors (Lipinski definition) is 1. The minimum absolute atomic E-state index is 0.0659. The first-order valence-corrected chi connectivity index (χ1v) is 7.02. The largest absolute Gasteiger partial charge is 0.417 e. The third-order valence-electron chi connectivity index (χ3n) is 2.92. The van der Waals surface area contributed by atoms with E-state index in [0.29, 0.717) is 6.07 Å². The van der Waals surface area contributed by atoms with E-state index in [1.54, 1.807) is 0 Å². The third-order valence-corrected chi connectivity index (χ3v) is 3.55. The molecule has 1 amide bonds. The molecule has 122 valence electrons. The van der Waals surface area contributed by atoms with Crippen molar-refractivity contribution in [3.05, 3.63) is 52.0 Å². The fourth-order valence-electron chi connectivity index (χ4n) is 2.08. The Morgan fingerprint density at radius 1 is 1.13 bits per heavy atom. The fourth-order valence-corrected chi connectivity index (χ4v) is 2.70. The number of benzene rings is 2. The van der Waals surface area contributed by atoms with Gasteiger partial charge in [0.05, 0.1) is 5.56 Å². The standard InChI is InChI=1S/C15H9BrF5NO/c1-7(23)22-9-2-3-11(15(19,20)21)10(6-9)14-12(16)4-8(17)5-13(14)18/h2-6H,1H3,(H,22,23). The van der Waals surface area contributed by atoms with Crippen LogP contribution in [0.4, 0.5) is 27.6 Å². The summed E-state index contributed by atoms with van der Waals surface area (Å²) in [6.45, 7) is 1.19. The van der Waals surface area contributed by atoms with Crippen LogP contribution in [0.25, 0.3) is 11.1 Å². The van der Waals surface area contributed by atoms with Crippen LogP contribution in [0.15, 0.2) is 34.8 Å². The van der Waals surface area contributed by atoms with Crippen LogP contribution in [0.5, 0.6) is 0 Å². The molecular weight excluding hydrogens is 385 g/mol. The van der Waals surface area contributed by atoms with Gasteiger partial charge >= 0.3 is 6.18 Å². The van der Waals surface area contributed by atoms with Crippen LogP contribution in [0, 0.1) is 11.6 Å². The molecule has 2 rings (SSSR count). The molecule has 2 nitrogen and oxygen atoms in total. The van der Waals surface area contributed by atoms with Gasteiger partial charge in [-0.2, -0.15) is 13.2 Å². The molecule has 23 heavy (non-hydrogen) atoms. The highest BCUT2D eigenvalue weighted by molar-refractivity contribution is 9.10. The number of carbonyl (C=O) groups is 1. The molecule has 0 bridgehead atoms. The number of hydrogen-bond donors (Lipinski definition) is 1. The number of carbonyl (C=O) groups excluding carboxylic acids is 1. The molecular formula is C15H9BrF5NO. The Balaban J connectivity index is 2.74. The molecule has 0 aromatic heterocycles. The van der Waals surface area contributed by atoms with Gasteiger partial charge in [-0.3, -0.25) is 4.79 Å². The van der Waals surface area contributed by atoms with Crippen molar-refractivity contribution in [2.24, 2.45) is 0 Å². The molecule has 8 heteroatoms. The summed E-state index contributed by atoms with van der Waals surface area (Å²) in [6, 6.07) is 4.14.